The van der Waals surface area contributed by atoms with Gasteiger partial charge in [0.1, 0.15) is 12.6 Å². The smallest absolute Gasteiger partial charge is 0.415 e. The SMILES string of the molecule is COC(=O)c1ccc2c(c1)N(C(=O)OCc1ccccc1)C(CCBr)C(=O)N2. The second-order valence-corrected chi connectivity index (χ2v) is 6.91. The number of ether oxygens (including phenoxy) is 2. The largest absolute Gasteiger partial charge is 0.465 e. The van der Waals surface area contributed by atoms with Gasteiger partial charge >= 0.3 is 12.1 Å². The zero-order valence-electron chi connectivity index (χ0n) is 15.2. The van der Waals surface area contributed by atoms with Crippen molar-refractivity contribution < 1.29 is 23.9 Å². The number of fused-ring (bicyclic) bond motifs is 1. The van der Waals surface area contributed by atoms with E-state index in [1.165, 1.54) is 24.1 Å². The molecule has 1 unspecified atom stereocenters. The molecule has 0 saturated heterocycles. The fourth-order valence-corrected chi connectivity index (χ4v) is 3.39. The van der Waals surface area contributed by atoms with Gasteiger partial charge in [-0.3, -0.25) is 9.69 Å². The summed E-state index contributed by atoms with van der Waals surface area (Å²) in [4.78, 5) is 38.6. The first-order valence-electron chi connectivity index (χ1n) is 8.64. The van der Waals surface area contributed by atoms with Gasteiger partial charge < -0.3 is 14.8 Å². The number of halogens is 1. The number of methoxy groups -OCH3 is 1. The number of rotatable bonds is 5. The molecule has 28 heavy (non-hydrogen) atoms. The van der Waals surface area contributed by atoms with Crippen LogP contribution < -0.4 is 10.2 Å². The molecule has 0 bridgehead atoms. The molecule has 1 aliphatic rings. The van der Waals surface area contributed by atoms with Crippen molar-refractivity contribution in [2.75, 3.05) is 22.7 Å². The molecule has 1 atom stereocenters. The fourth-order valence-electron chi connectivity index (χ4n) is 2.96. The van der Waals surface area contributed by atoms with E-state index in [1.807, 2.05) is 30.3 Å². The maximum Gasteiger partial charge on any atom is 0.415 e. The van der Waals surface area contributed by atoms with Gasteiger partial charge in [-0.15, -0.1) is 0 Å². The van der Waals surface area contributed by atoms with E-state index in [2.05, 4.69) is 21.2 Å². The first-order chi connectivity index (χ1) is 13.5. The number of benzene rings is 2. The van der Waals surface area contributed by atoms with E-state index in [0.717, 1.165) is 5.56 Å². The highest BCUT2D eigenvalue weighted by atomic mass is 79.9. The van der Waals surface area contributed by atoms with Gasteiger partial charge in [-0.25, -0.2) is 9.59 Å². The number of amides is 2. The summed E-state index contributed by atoms with van der Waals surface area (Å²) in [6, 6.07) is 13.1. The van der Waals surface area contributed by atoms with E-state index in [9.17, 15) is 14.4 Å². The Morgan fingerprint density at radius 2 is 1.93 bits per heavy atom. The molecule has 0 aromatic heterocycles. The van der Waals surface area contributed by atoms with Crippen LogP contribution in [0.15, 0.2) is 48.5 Å². The van der Waals surface area contributed by atoms with Gasteiger partial charge in [0, 0.05) is 5.33 Å². The van der Waals surface area contributed by atoms with E-state index in [1.54, 1.807) is 6.07 Å². The molecule has 2 aromatic rings. The molecule has 0 radical (unpaired) electrons. The molecule has 3 rings (SSSR count). The number of alkyl halides is 1. The van der Waals surface area contributed by atoms with Crippen molar-refractivity contribution in [3.8, 4) is 0 Å². The van der Waals surface area contributed by atoms with Crippen LogP contribution in [0.4, 0.5) is 16.2 Å². The van der Waals surface area contributed by atoms with Crippen molar-refractivity contribution in [3.05, 3.63) is 59.7 Å². The quantitative estimate of drug-likeness (QED) is 0.558. The summed E-state index contributed by atoms with van der Waals surface area (Å²) in [5, 5.41) is 3.29. The molecule has 0 spiro atoms. The normalized spacial score (nSPS) is 15.4. The van der Waals surface area contributed by atoms with Gasteiger partial charge in [0.05, 0.1) is 24.0 Å². The minimum absolute atomic E-state index is 0.0743. The summed E-state index contributed by atoms with van der Waals surface area (Å²) in [7, 11) is 1.28. The van der Waals surface area contributed by atoms with Crippen LogP contribution >= 0.6 is 15.9 Å². The number of anilines is 2. The fraction of sp³-hybridized carbons (Fsp3) is 0.250. The Bertz CT molecular complexity index is 887. The number of carbonyl (C=O) groups excluding carboxylic acids is 3. The van der Waals surface area contributed by atoms with Gasteiger partial charge in [-0.1, -0.05) is 46.3 Å². The van der Waals surface area contributed by atoms with Crippen molar-refractivity contribution >= 4 is 45.3 Å². The average Bonchev–Trinajstić information content (AvgIpc) is 2.72. The minimum Gasteiger partial charge on any atom is -0.465 e. The number of esters is 1. The summed E-state index contributed by atoms with van der Waals surface area (Å²) < 4.78 is 10.2. The Kier molecular flexibility index (Phi) is 6.30. The Balaban J connectivity index is 1.93. The third-order valence-corrected chi connectivity index (χ3v) is 4.79. The highest BCUT2D eigenvalue weighted by Gasteiger charge is 2.38. The summed E-state index contributed by atoms with van der Waals surface area (Å²) >= 11 is 3.32. The molecule has 8 heteroatoms. The van der Waals surface area contributed by atoms with Crippen LogP contribution in [-0.2, 0) is 20.9 Å². The highest BCUT2D eigenvalue weighted by Crippen LogP contribution is 2.35. The Labute approximate surface area is 170 Å². The van der Waals surface area contributed by atoms with Crippen LogP contribution in [-0.4, -0.2) is 36.5 Å². The predicted octanol–water partition coefficient (Wildman–Crippen LogP) is 3.72. The van der Waals surface area contributed by atoms with Gasteiger partial charge in [-0.05, 0) is 30.2 Å². The molecule has 1 N–H and O–H groups in total. The van der Waals surface area contributed by atoms with Crippen LogP contribution in [0.5, 0.6) is 0 Å². The lowest BCUT2D eigenvalue weighted by Gasteiger charge is -2.35. The number of nitrogens with one attached hydrogen (secondary N) is 1. The van der Waals surface area contributed by atoms with Gasteiger partial charge in [0.25, 0.3) is 0 Å². The minimum atomic E-state index is -0.761. The number of nitrogens with zero attached hydrogens (tertiary/aromatic N) is 1. The van der Waals surface area contributed by atoms with E-state index in [0.29, 0.717) is 23.1 Å². The summed E-state index contributed by atoms with van der Waals surface area (Å²) in [5.74, 6) is -0.844. The van der Waals surface area contributed by atoms with E-state index in [-0.39, 0.29) is 18.1 Å². The van der Waals surface area contributed by atoms with E-state index in [4.69, 9.17) is 9.47 Å². The zero-order chi connectivity index (χ0) is 20.1. The molecule has 2 aromatic carbocycles. The molecule has 0 saturated carbocycles. The third kappa shape index (κ3) is 4.17. The highest BCUT2D eigenvalue weighted by molar-refractivity contribution is 9.09. The van der Waals surface area contributed by atoms with Crippen molar-refractivity contribution in [2.24, 2.45) is 0 Å². The lowest BCUT2D eigenvalue weighted by atomic mass is 10.0. The lowest BCUT2D eigenvalue weighted by molar-refractivity contribution is -0.117. The van der Waals surface area contributed by atoms with Crippen LogP contribution in [0.1, 0.15) is 22.3 Å². The molecule has 7 nitrogen and oxygen atoms in total. The van der Waals surface area contributed by atoms with E-state index >= 15 is 0 Å². The van der Waals surface area contributed by atoms with Gasteiger partial charge in [0.15, 0.2) is 0 Å². The summed E-state index contributed by atoms with van der Waals surface area (Å²) in [6.45, 7) is 0.0743. The molecule has 1 heterocycles. The lowest BCUT2D eigenvalue weighted by Crippen LogP contribution is -2.51. The maximum absolute atomic E-state index is 12.9. The van der Waals surface area contributed by atoms with Crippen molar-refractivity contribution in [1.29, 1.82) is 0 Å². The molecular formula is C20H19BrN2O5. The summed E-state index contributed by atoms with van der Waals surface area (Å²) in [5.41, 5.74) is 1.93. The number of hydrogen-bond donors (Lipinski definition) is 1. The predicted molar refractivity (Wildman–Crippen MR) is 108 cm³/mol. The summed E-state index contributed by atoms with van der Waals surface area (Å²) in [6.07, 6.45) is -0.276. The molecule has 0 fully saturated rings. The van der Waals surface area contributed by atoms with Crippen LogP contribution in [0.2, 0.25) is 0 Å². The van der Waals surface area contributed by atoms with Crippen LogP contribution in [0.3, 0.4) is 0 Å². The molecule has 2 amide bonds. The number of carbonyl (C=O) groups is 3. The second-order valence-electron chi connectivity index (χ2n) is 6.12. The van der Waals surface area contributed by atoms with Crippen LogP contribution in [0.25, 0.3) is 0 Å². The standard InChI is InChI=1S/C20H19BrN2O5/c1-27-19(25)14-7-8-15-17(11-14)23(16(9-10-21)18(24)22-15)20(26)28-12-13-5-3-2-4-6-13/h2-8,11,16H,9-10,12H2,1H3,(H,22,24). The van der Waals surface area contributed by atoms with Crippen molar-refractivity contribution in [2.45, 2.75) is 19.1 Å². The van der Waals surface area contributed by atoms with Gasteiger partial charge in [-0.2, -0.15) is 0 Å². The van der Waals surface area contributed by atoms with Crippen LogP contribution in [0, 0.1) is 0 Å². The Morgan fingerprint density at radius 3 is 2.61 bits per heavy atom. The van der Waals surface area contributed by atoms with Gasteiger partial charge in [0.2, 0.25) is 5.91 Å². The topological polar surface area (TPSA) is 84.9 Å². The Morgan fingerprint density at radius 1 is 1.18 bits per heavy atom. The first kappa shape index (κ1) is 19.9. The first-order valence-corrected chi connectivity index (χ1v) is 9.76. The molecular weight excluding hydrogens is 428 g/mol. The molecule has 1 aliphatic heterocycles. The zero-order valence-corrected chi connectivity index (χ0v) is 16.8. The molecule has 146 valence electrons. The monoisotopic (exact) mass is 446 g/mol. The average molecular weight is 447 g/mol. The Hall–Kier alpha value is -2.87. The molecule has 0 aliphatic carbocycles. The van der Waals surface area contributed by atoms with E-state index < -0.39 is 18.1 Å². The number of hydrogen-bond acceptors (Lipinski definition) is 5. The third-order valence-electron chi connectivity index (χ3n) is 4.33. The maximum atomic E-state index is 12.9. The van der Waals surface area contributed by atoms with Crippen molar-refractivity contribution in [3.63, 3.8) is 0 Å². The van der Waals surface area contributed by atoms with Crippen molar-refractivity contribution in [1.82, 2.24) is 0 Å². The second kappa shape index (κ2) is 8.88.